The number of carbonyl (C=O) groups excluding carboxylic acids is 1. The van der Waals surface area contributed by atoms with Gasteiger partial charge >= 0.3 is 5.97 Å². The first kappa shape index (κ1) is 16.2. The minimum atomic E-state index is -1.18. The van der Waals surface area contributed by atoms with Crippen molar-refractivity contribution in [1.29, 1.82) is 0 Å². The highest BCUT2D eigenvalue weighted by atomic mass is 35.5. The molecule has 0 radical (unpaired) electrons. The standard InChI is InChI=1S/C12H13ClFNO5/c1-19-10(12(17)18)5-15-11(16)6-20-7-2-3-9(14)8(13)4-7/h2-4,10H,5-6H2,1H3,(H,15,16)(H,17,18). The molecule has 1 amide bonds. The van der Waals surface area contributed by atoms with Gasteiger partial charge in [-0.1, -0.05) is 11.6 Å². The highest BCUT2D eigenvalue weighted by molar-refractivity contribution is 6.30. The molecular formula is C12H13ClFNO5. The molecule has 1 aromatic carbocycles. The molecular weight excluding hydrogens is 293 g/mol. The van der Waals surface area contributed by atoms with Crippen LogP contribution in [-0.2, 0) is 14.3 Å². The van der Waals surface area contributed by atoms with Gasteiger partial charge in [-0.05, 0) is 12.1 Å². The van der Waals surface area contributed by atoms with Crippen molar-refractivity contribution in [1.82, 2.24) is 5.32 Å². The number of aliphatic carboxylic acids is 1. The van der Waals surface area contributed by atoms with Gasteiger partial charge in [-0.3, -0.25) is 4.79 Å². The number of hydrogen-bond acceptors (Lipinski definition) is 4. The zero-order valence-electron chi connectivity index (χ0n) is 10.6. The van der Waals surface area contributed by atoms with Crippen LogP contribution < -0.4 is 10.1 Å². The van der Waals surface area contributed by atoms with Crippen molar-refractivity contribution in [2.75, 3.05) is 20.3 Å². The van der Waals surface area contributed by atoms with Gasteiger partial charge in [-0.15, -0.1) is 0 Å². The molecule has 0 aromatic heterocycles. The van der Waals surface area contributed by atoms with Gasteiger partial charge in [0, 0.05) is 13.2 Å². The molecule has 0 fully saturated rings. The highest BCUT2D eigenvalue weighted by Gasteiger charge is 2.17. The smallest absolute Gasteiger partial charge is 0.334 e. The van der Waals surface area contributed by atoms with E-state index >= 15 is 0 Å². The molecule has 8 heteroatoms. The second-order valence-electron chi connectivity index (χ2n) is 3.73. The second-order valence-corrected chi connectivity index (χ2v) is 4.14. The number of ether oxygens (including phenoxy) is 2. The molecule has 0 bridgehead atoms. The predicted octanol–water partition coefficient (Wildman–Crippen LogP) is 1.07. The van der Waals surface area contributed by atoms with Crippen LogP contribution in [0.5, 0.6) is 5.75 Å². The Morgan fingerprint density at radius 2 is 2.20 bits per heavy atom. The van der Waals surface area contributed by atoms with Crippen molar-refractivity contribution in [3.05, 3.63) is 29.0 Å². The molecule has 1 atom stereocenters. The van der Waals surface area contributed by atoms with E-state index in [-0.39, 0.29) is 23.9 Å². The normalized spacial score (nSPS) is 11.8. The van der Waals surface area contributed by atoms with E-state index in [9.17, 15) is 14.0 Å². The highest BCUT2D eigenvalue weighted by Crippen LogP contribution is 2.20. The number of rotatable bonds is 7. The summed E-state index contributed by atoms with van der Waals surface area (Å²) in [7, 11) is 1.22. The summed E-state index contributed by atoms with van der Waals surface area (Å²) in [5.41, 5.74) is 0. The van der Waals surface area contributed by atoms with Gasteiger partial charge in [-0.25, -0.2) is 9.18 Å². The maximum Gasteiger partial charge on any atom is 0.334 e. The molecule has 110 valence electrons. The predicted molar refractivity (Wildman–Crippen MR) is 68.3 cm³/mol. The molecule has 1 aromatic rings. The Hall–Kier alpha value is -1.86. The molecule has 0 aliphatic rings. The Morgan fingerprint density at radius 1 is 1.50 bits per heavy atom. The van der Waals surface area contributed by atoms with Gasteiger partial charge in [0.1, 0.15) is 11.6 Å². The number of halogens is 2. The average molecular weight is 306 g/mol. The van der Waals surface area contributed by atoms with Gasteiger partial charge in [-0.2, -0.15) is 0 Å². The van der Waals surface area contributed by atoms with E-state index in [1.165, 1.54) is 19.2 Å². The topological polar surface area (TPSA) is 84.9 Å². The molecule has 0 aliphatic heterocycles. The summed E-state index contributed by atoms with van der Waals surface area (Å²) in [6.45, 7) is -0.532. The number of benzene rings is 1. The quantitative estimate of drug-likeness (QED) is 0.787. The summed E-state index contributed by atoms with van der Waals surface area (Å²) in [5.74, 6) is -2.08. The van der Waals surface area contributed by atoms with Crippen LogP contribution in [0.25, 0.3) is 0 Å². The van der Waals surface area contributed by atoms with E-state index in [1.807, 2.05) is 0 Å². The third-order valence-electron chi connectivity index (χ3n) is 2.31. The molecule has 1 rings (SSSR count). The molecule has 20 heavy (non-hydrogen) atoms. The van der Waals surface area contributed by atoms with Gasteiger partial charge in [0.25, 0.3) is 5.91 Å². The van der Waals surface area contributed by atoms with Crippen LogP contribution in [0.4, 0.5) is 4.39 Å². The number of methoxy groups -OCH3 is 1. The zero-order chi connectivity index (χ0) is 15.1. The maximum atomic E-state index is 12.9. The van der Waals surface area contributed by atoms with Crippen molar-refractivity contribution in [2.45, 2.75) is 6.10 Å². The monoisotopic (exact) mass is 305 g/mol. The lowest BCUT2D eigenvalue weighted by Gasteiger charge is -2.12. The van der Waals surface area contributed by atoms with Crippen molar-refractivity contribution < 1.29 is 28.6 Å². The SMILES string of the molecule is COC(CNC(=O)COc1ccc(F)c(Cl)c1)C(=O)O. The summed E-state index contributed by atoms with van der Waals surface area (Å²) in [4.78, 5) is 22.1. The molecule has 2 N–H and O–H groups in total. The Bertz CT molecular complexity index is 497. The number of nitrogens with one attached hydrogen (secondary N) is 1. The molecule has 0 spiro atoms. The Balaban J connectivity index is 2.39. The Labute approximate surface area is 119 Å². The van der Waals surface area contributed by atoms with Crippen molar-refractivity contribution in [2.24, 2.45) is 0 Å². The number of carbonyl (C=O) groups is 2. The number of carboxylic acids is 1. The first-order chi connectivity index (χ1) is 9.43. The molecule has 1 unspecified atom stereocenters. The molecule has 0 aliphatic carbocycles. The number of amides is 1. The van der Waals surface area contributed by atoms with Crippen LogP contribution in [0.1, 0.15) is 0 Å². The summed E-state index contributed by atoms with van der Waals surface area (Å²) >= 11 is 5.55. The van der Waals surface area contributed by atoms with Gasteiger partial charge in [0.15, 0.2) is 12.7 Å². The van der Waals surface area contributed by atoms with Gasteiger partial charge < -0.3 is 19.9 Å². The van der Waals surface area contributed by atoms with Crippen LogP contribution >= 0.6 is 11.6 Å². The van der Waals surface area contributed by atoms with Crippen LogP contribution in [0.15, 0.2) is 18.2 Å². The van der Waals surface area contributed by atoms with E-state index in [0.717, 1.165) is 6.07 Å². The van der Waals surface area contributed by atoms with Crippen LogP contribution in [-0.4, -0.2) is 43.3 Å². The Kier molecular flexibility index (Phi) is 6.20. The minimum absolute atomic E-state index is 0.117. The van der Waals surface area contributed by atoms with Gasteiger partial charge in [0.05, 0.1) is 11.6 Å². The van der Waals surface area contributed by atoms with E-state index in [1.54, 1.807) is 0 Å². The summed E-state index contributed by atoms with van der Waals surface area (Å²) in [5, 5.41) is 10.9. The first-order valence-electron chi connectivity index (χ1n) is 5.54. The maximum absolute atomic E-state index is 12.9. The van der Waals surface area contributed by atoms with Crippen LogP contribution in [0.2, 0.25) is 5.02 Å². The molecule has 0 heterocycles. The minimum Gasteiger partial charge on any atom is -0.484 e. The van der Waals surface area contributed by atoms with Crippen molar-refractivity contribution in [3.8, 4) is 5.75 Å². The first-order valence-corrected chi connectivity index (χ1v) is 5.92. The van der Waals surface area contributed by atoms with E-state index in [0.29, 0.717) is 0 Å². The van der Waals surface area contributed by atoms with Crippen LogP contribution in [0.3, 0.4) is 0 Å². The third kappa shape index (κ3) is 5.02. The van der Waals surface area contributed by atoms with E-state index < -0.39 is 23.8 Å². The number of carboxylic acid groups (broad SMARTS) is 1. The zero-order valence-corrected chi connectivity index (χ0v) is 11.3. The van der Waals surface area contributed by atoms with Crippen LogP contribution in [0, 0.1) is 5.82 Å². The fraction of sp³-hybridized carbons (Fsp3) is 0.333. The molecule has 6 nitrogen and oxygen atoms in total. The van der Waals surface area contributed by atoms with E-state index in [4.69, 9.17) is 21.4 Å². The molecule has 0 saturated carbocycles. The summed E-state index contributed by atoms with van der Waals surface area (Å²) in [6.07, 6.45) is -1.13. The molecule has 0 saturated heterocycles. The van der Waals surface area contributed by atoms with Crippen molar-refractivity contribution in [3.63, 3.8) is 0 Å². The average Bonchev–Trinajstić information content (AvgIpc) is 2.40. The lowest BCUT2D eigenvalue weighted by Crippen LogP contribution is -2.39. The van der Waals surface area contributed by atoms with Crippen molar-refractivity contribution >= 4 is 23.5 Å². The summed E-state index contributed by atoms with van der Waals surface area (Å²) < 4.78 is 22.6. The third-order valence-corrected chi connectivity index (χ3v) is 2.60. The fourth-order valence-electron chi connectivity index (χ4n) is 1.24. The number of hydrogen-bond donors (Lipinski definition) is 2. The summed E-state index contributed by atoms with van der Waals surface area (Å²) in [6, 6.07) is 3.67. The lowest BCUT2D eigenvalue weighted by atomic mass is 10.3. The Morgan fingerprint density at radius 3 is 2.75 bits per heavy atom. The fourth-order valence-corrected chi connectivity index (χ4v) is 1.42. The van der Waals surface area contributed by atoms with E-state index in [2.05, 4.69) is 10.1 Å². The largest absolute Gasteiger partial charge is 0.484 e. The van der Waals surface area contributed by atoms with Gasteiger partial charge in [0.2, 0.25) is 0 Å². The second kappa shape index (κ2) is 7.66. The lowest BCUT2D eigenvalue weighted by molar-refractivity contribution is -0.148.